The second-order valence-corrected chi connectivity index (χ2v) is 5.81. The number of amides is 2. The van der Waals surface area contributed by atoms with E-state index in [1.54, 1.807) is 12.1 Å². The Morgan fingerprint density at radius 3 is 2.57 bits per heavy atom. The molecule has 0 spiro atoms. The van der Waals surface area contributed by atoms with Gasteiger partial charge in [-0.05, 0) is 30.9 Å². The largest absolute Gasteiger partial charge is 0.353 e. The second kappa shape index (κ2) is 7.81. The van der Waals surface area contributed by atoms with Crippen molar-refractivity contribution in [2.24, 2.45) is 5.92 Å². The van der Waals surface area contributed by atoms with E-state index >= 15 is 0 Å². The Bertz CT molecular complexity index is 473. The van der Waals surface area contributed by atoms with Crippen LogP contribution in [0.15, 0.2) is 30.3 Å². The first kappa shape index (κ1) is 15.5. The van der Waals surface area contributed by atoms with E-state index in [9.17, 15) is 9.59 Å². The van der Waals surface area contributed by atoms with E-state index in [-0.39, 0.29) is 11.8 Å². The zero-order valence-corrected chi connectivity index (χ0v) is 12.6. The maximum Gasteiger partial charge on any atom is 0.251 e. The van der Waals surface area contributed by atoms with E-state index in [1.807, 2.05) is 18.2 Å². The lowest BCUT2D eigenvalue weighted by Crippen LogP contribution is -2.42. The van der Waals surface area contributed by atoms with Crippen molar-refractivity contribution < 1.29 is 9.59 Å². The van der Waals surface area contributed by atoms with Crippen LogP contribution in [-0.2, 0) is 4.79 Å². The van der Waals surface area contributed by atoms with E-state index in [0.717, 1.165) is 6.42 Å². The fourth-order valence-corrected chi connectivity index (χ4v) is 2.79. The van der Waals surface area contributed by atoms with Gasteiger partial charge in [0.2, 0.25) is 5.91 Å². The summed E-state index contributed by atoms with van der Waals surface area (Å²) in [5.41, 5.74) is 0.624. The Kier molecular flexibility index (Phi) is 5.78. The van der Waals surface area contributed by atoms with E-state index in [1.165, 1.54) is 19.3 Å². The van der Waals surface area contributed by atoms with Crippen LogP contribution in [0.1, 0.15) is 49.4 Å². The molecule has 1 aromatic carbocycles. The van der Waals surface area contributed by atoms with Gasteiger partial charge in [0.15, 0.2) is 0 Å². The van der Waals surface area contributed by atoms with Crippen molar-refractivity contribution in [3.63, 3.8) is 0 Å². The van der Waals surface area contributed by atoms with Crippen molar-refractivity contribution in [2.45, 2.75) is 45.1 Å². The quantitative estimate of drug-likeness (QED) is 0.874. The molecule has 2 atom stereocenters. The molecule has 1 aliphatic rings. The van der Waals surface area contributed by atoms with E-state index in [0.29, 0.717) is 30.5 Å². The first-order chi connectivity index (χ1) is 10.2. The summed E-state index contributed by atoms with van der Waals surface area (Å²) in [5.74, 6) is 0.457. The molecule has 1 aliphatic carbocycles. The van der Waals surface area contributed by atoms with Crippen molar-refractivity contribution in [1.29, 1.82) is 0 Å². The van der Waals surface area contributed by atoms with E-state index in [2.05, 4.69) is 17.6 Å². The smallest absolute Gasteiger partial charge is 0.251 e. The van der Waals surface area contributed by atoms with Gasteiger partial charge in [-0.1, -0.05) is 38.0 Å². The summed E-state index contributed by atoms with van der Waals surface area (Å²) in [6.45, 7) is 2.57. The van der Waals surface area contributed by atoms with Crippen LogP contribution in [0.3, 0.4) is 0 Å². The van der Waals surface area contributed by atoms with Gasteiger partial charge in [0.25, 0.3) is 5.91 Å². The first-order valence-corrected chi connectivity index (χ1v) is 7.79. The minimum atomic E-state index is -0.130. The number of carbonyl (C=O) groups excluding carboxylic acids is 2. The second-order valence-electron chi connectivity index (χ2n) is 5.81. The summed E-state index contributed by atoms with van der Waals surface area (Å²) in [5, 5.41) is 5.87. The molecule has 1 fully saturated rings. The predicted molar refractivity (Wildman–Crippen MR) is 83.0 cm³/mol. The van der Waals surface area contributed by atoms with E-state index < -0.39 is 0 Å². The molecule has 1 aromatic rings. The van der Waals surface area contributed by atoms with Gasteiger partial charge in [-0.15, -0.1) is 0 Å². The van der Waals surface area contributed by atoms with Crippen molar-refractivity contribution in [3.8, 4) is 0 Å². The molecule has 2 N–H and O–H groups in total. The molecular weight excluding hydrogens is 264 g/mol. The molecule has 0 heterocycles. The van der Waals surface area contributed by atoms with Gasteiger partial charge >= 0.3 is 0 Å². The Labute approximate surface area is 126 Å². The monoisotopic (exact) mass is 288 g/mol. The molecule has 0 bridgehead atoms. The lowest BCUT2D eigenvalue weighted by atomic mass is 9.86. The Morgan fingerprint density at radius 2 is 1.86 bits per heavy atom. The van der Waals surface area contributed by atoms with Crippen LogP contribution in [0.4, 0.5) is 0 Å². The van der Waals surface area contributed by atoms with Gasteiger partial charge < -0.3 is 10.6 Å². The van der Waals surface area contributed by atoms with Crippen LogP contribution in [0.25, 0.3) is 0 Å². The van der Waals surface area contributed by atoms with Crippen molar-refractivity contribution in [1.82, 2.24) is 10.6 Å². The fraction of sp³-hybridized carbons (Fsp3) is 0.529. The average molecular weight is 288 g/mol. The molecule has 0 aliphatic heterocycles. The maximum absolute atomic E-state index is 11.9. The highest BCUT2D eigenvalue weighted by molar-refractivity contribution is 5.94. The van der Waals surface area contributed by atoms with Gasteiger partial charge in [-0.3, -0.25) is 9.59 Å². The topological polar surface area (TPSA) is 58.2 Å². The van der Waals surface area contributed by atoms with Crippen LogP contribution >= 0.6 is 0 Å². The number of hydrogen-bond acceptors (Lipinski definition) is 2. The van der Waals surface area contributed by atoms with Crippen LogP contribution < -0.4 is 10.6 Å². The van der Waals surface area contributed by atoms with Crippen LogP contribution in [0.5, 0.6) is 0 Å². The molecule has 4 heteroatoms. The van der Waals surface area contributed by atoms with Crippen LogP contribution in [-0.4, -0.2) is 24.4 Å². The molecule has 4 nitrogen and oxygen atoms in total. The van der Waals surface area contributed by atoms with Gasteiger partial charge in [-0.2, -0.15) is 0 Å². The standard InChI is InChI=1S/C17H24N2O2/c1-13-7-5-6-10-15(13)19-16(20)11-12-18-17(21)14-8-3-2-4-9-14/h2-4,8-9,13,15H,5-7,10-12H2,1H3,(H,18,21)(H,19,20)/t13-,15-/m1/s1. The average Bonchev–Trinajstić information content (AvgIpc) is 2.50. The molecule has 114 valence electrons. The van der Waals surface area contributed by atoms with E-state index in [4.69, 9.17) is 0 Å². The Balaban J connectivity index is 1.68. The lowest BCUT2D eigenvalue weighted by Gasteiger charge is -2.29. The molecule has 0 unspecified atom stereocenters. The first-order valence-electron chi connectivity index (χ1n) is 7.79. The third-order valence-corrected chi connectivity index (χ3v) is 4.13. The van der Waals surface area contributed by atoms with Gasteiger partial charge in [0.05, 0.1) is 0 Å². The highest BCUT2D eigenvalue weighted by Gasteiger charge is 2.22. The summed E-state index contributed by atoms with van der Waals surface area (Å²) in [4.78, 5) is 23.7. The number of benzene rings is 1. The van der Waals surface area contributed by atoms with Crippen molar-refractivity contribution >= 4 is 11.8 Å². The Morgan fingerprint density at radius 1 is 1.14 bits per heavy atom. The van der Waals surface area contributed by atoms with Gasteiger partial charge in [0.1, 0.15) is 0 Å². The molecule has 2 rings (SSSR count). The molecule has 0 aromatic heterocycles. The lowest BCUT2D eigenvalue weighted by molar-refractivity contribution is -0.122. The number of hydrogen-bond donors (Lipinski definition) is 2. The maximum atomic E-state index is 11.9. The minimum Gasteiger partial charge on any atom is -0.353 e. The van der Waals surface area contributed by atoms with Crippen LogP contribution in [0, 0.1) is 5.92 Å². The van der Waals surface area contributed by atoms with Crippen LogP contribution in [0.2, 0.25) is 0 Å². The zero-order valence-electron chi connectivity index (χ0n) is 12.6. The third-order valence-electron chi connectivity index (χ3n) is 4.13. The molecule has 21 heavy (non-hydrogen) atoms. The fourth-order valence-electron chi connectivity index (χ4n) is 2.79. The summed E-state index contributed by atoms with van der Waals surface area (Å²) < 4.78 is 0. The number of carbonyl (C=O) groups is 2. The number of rotatable bonds is 5. The summed E-state index contributed by atoms with van der Waals surface area (Å²) >= 11 is 0. The molecular formula is C17H24N2O2. The van der Waals surface area contributed by atoms with Crippen molar-refractivity contribution in [2.75, 3.05) is 6.54 Å². The highest BCUT2D eigenvalue weighted by atomic mass is 16.2. The van der Waals surface area contributed by atoms with Gasteiger partial charge in [-0.25, -0.2) is 0 Å². The zero-order chi connectivity index (χ0) is 15.1. The van der Waals surface area contributed by atoms with Crippen molar-refractivity contribution in [3.05, 3.63) is 35.9 Å². The number of nitrogens with one attached hydrogen (secondary N) is 2. The molecule has 2 amide bonds. The van der Waals surface area contributed by atoms with Gasteiger partial charge in [0, 0.05) is 24.6 Å². The summed E-state index contributed by atoms with van der Waals surface area (Å²) in [6.07, 6.45) is 5.06. The molecule has 0 radical (unpaired) electrons. The normalized spacial score (nSPS) is 21.6. The highest BCUT2D eigenvalue weighted by Crippen LogP contribution is 2.23. The third kappa shape index (κ3) is 4.88. The Hall–Kier alpha value is -1.84. The summed E-state index contributed by atoms with van der Waals surface area (Å²) in [7, 11) is 0. The predicted octanol–water partition coefficient (Wildman–Crippen LogP) is 2.50. The molecule has 1 saturated carbocycles. The minimum absolute atomic E-state index is 0.0297. The summed E-state index contributed by atoms with van der Waals surface area (Å²) in [6, 6.07) is 9.35. The SMILES string of the molecule is C[C@@H]1CCCC[C@H]1NC(=O)CCNC(=O)c1ccccc1. The molecule has 0 saturated heterocycles.